The van der Waals surface area contributed by atoms with Gasteiger partial charge in [-0.2, -0.15) is 0 Å². The number of carboxylic acids is 2. The Kier molecular flexibility index (Phi) is 10.9. The summed E-state index contributed by atoms with van der Waals surface area (Å²) in [5, 5.41) is 19.4. The van der Waals surface area contributed by atoms with Gasteiger partial charge in [0.15, 0.2) is 5.41 Å². The van der Waals surface area contributed by atoms with E-state index in [1.165, 1.54) is 0 Å². The highest BCUT2D eigenvalue weighted by Gasteiger charge is 2.51. The highest BCUT2D eigenvalue weighted by Crippen LogP contribution is 2.41. The number of carboxylic acid groups (broad SMARTS) is 2. The third-order valence-electron chi connectivity index (χ3n) is 4.70. The molecule has 0 radical (unpaired) electrons. The summed E-state index contributed by atoms with van der Waals surface area (Å²) in [6.07, 6.45) is 9.22. The number of aliphatic carboxylic acids is 2. The molecule has 4 heteroatoms. The van der Waals surface area contributed by atoms with Crippen molar-refractivity contribution in [1.82, 2.24) is 0 Å². The number of rotatable bonds is 14. The highest BCUT2D eigenvalue weighted by atomic mass is 16.4. The van der Waals surface area contributed by atoms with Gasteiger partial charge in [-0.1, -0.05) is 72.1 Å². The van der Waals surface area contributed by atoms with Crippen molar-refractivity contribution in [1.29, 1.82) is 0 Å². The van der Waals surface area contributed by atoms with E-state index in [1.54, 1.807) is 0 Å². The molecular formula is C18H34O4. The second-order valence-electron chi connectivity index (χ2n) is 6.37. The van der Waals surface area contributed by atoms with Gasteiger partial charge < -0.3 is 10.2 Å². The molecular weight excluding hydrogens is 280 g/mol. The van der Waals surface area contributed by atoms with Crippen LogP contribution in [0.3, 0.4) is 0 Å². The minimum absolute atomic E-state index is 0.246. The van der Waals surface area contributed by atoms with Crippen LogP contribution in [0.5, 0.6) is 0 Å². The summed E-state index contributed by atoms with van der Waals surface area (Å²) in [4.78, 5) is 23.8. The number of unbranched alkanes of at least 4 members (excludes halogenated alkanes) is 5. The Morgan fingerprint density at radius 2 is 1.27 bits per heavy atom. The van der Waals surface area contributed by atoms with E-state index in [0.717, 1.165) is 44.9 Å². The maximum absolute atomic E-state index is 11.9. The summed E-state index contributed by atoms with van der Waals surface area (Å²) in [5.41, 5.74) is -1.60. The summed E-state index contributed by atoms with van der Waals surface area (Å²) in [6.45, 7) is 6.16. The highest BCUT2D eigenvalue weighted by molar-refractivity contribution is 5.98. The second-order valence-corrected chi connectivity index (χ2v) is 6.37. The Bertz CT molecular complexity index is 311. The molecule has 0 aromatic carbocycles. The van der Waals surface area contributed by atoms with Gasteiger partial charge in [0, 0.05) is 0 Å². The Balaban J connectivity index is 5.21. The summed E-state index contributed by atoms with van der Waals surface area (Å²) in [6, 6.07) is 0. The van der Waals surface area contributed by atoms with E-state index in [-0.39, 0.29) is 12.3 Å². The van der Waals surface area contributed by atoms with Gasteiger partial charge >= 0.3 is 11.9 Å². The van der Waals surface area contributed by atoms with Crippen LogP contribution in [0, 0.1) is 11.3 Å². The van der Waals surface area contributed by atoms with Crippen molar-refractivity contribution in [2.24, 2.45) is 11.3 Å². The Morgan fingerprint density at radius 1 is 0.773 bits per heavy atom. The van der Waals surface area contributed by atoms with Crippen LogP contribution in [0.25, 0.3) is 0 Å². The molecule has 1 unspecified atom stereocenters. The largest absolute Gasteiger partial charge is 0.480 e. The van der Waals surface area contributed by atoms with Crippen molar-refractivity contribution in [3.05, 3.63) is 0 Å². The monoisotopic (exact) mass is 314 g/mol. The molecule has 2 N–H and O–H groups in total. The van der Waals surface area contributed by atoms with Gasteiger partial charge in [0.1, 0.15) is 0 Å². The van der Waals surface area contributed by atoms with Crippen LogP contribution in [0.15, 0.2) is 0 Å². The van der Waals surface area contributed by atoms with Gasteiger partial charge in [0.25, 0.3) is 0 Å². The molecule has 0 aliphatic rings. The Morgan fingerprint density at radius 3 is 1.73 bits per heavy atom. The van der Waals surface area contributed by atoms with Crippen molar-refractivity contribution >= 4 is 11.9 Å². The van der Waals surface area contributed by atoms with Crippen molar-refractivity contribution in [2.75, 3.05) is 0 Å². The smallest absolute Gasteiger partial charge is 0.321 e. The maximum Gasteiger partial charge on any atom is 0.321 e. The molecule has 0 saturated carbocycles. The summed E-state index contributed by atoms with van der Waals surface area (Å²) in [7, 11) is 0. The predicted molar refractivity (Wildman–Crippen MR) is 89.0 cm³/mol. The first-order valence-corrected chi connectivity index (χ1v) is 8.94. The average molecular weight is 314 g/mol. The van der Waals surface area contributed by atoms with Crippen LogP contribution in [-0.4, -0.2) is 22.2 Å². The van der Waals surface area contributed by atoms with Gasteiger partial charge in [-0.05, 0) is 25.2 Å². The van der Waals surface area contributed by atoms with E-state index < -0.39 is 17.4 Å². The molecule has 130 valence electrons. The first-order chi connectivity index (χ1) is 10.5. The molecule has 0 aliphatic carbocycles. The van der Waals surface area contributed by atoms with Gasteiger partial charge in [0.2, 0.25) is 0 Å². The lowest BCUT2D eigenvalue weighted by molar-refractivity contribution is -0.171. The summed E-state index contributed by atoms with van der Waals surface area (Å²) >= 11 is 0. The van der Waals surface area contributed by atoms with Crippen LogP contribution in [0.2, 0.25) is 0 Å². The SMILES string of the molecule is CCCCCCC(CCCC)C(CCCC)(C(=O)O)C(=O)O. The third kappa shape index (κ3) is 5.98. The van der Waals surface area contributed by atoms with Crippen LogP contribution in [0.4, 0.5) is 0 Å². The first-order valence-electron chi connectivity index (χ1n) is 8.94. The Labute approximate surface area is 135 Å². The molecule has 0 saturated heterocycles. The van der Waals surface area contributed by atoms with Crippen LogP contribution < -0.4 is 0 Å². The van der Waals surface area contributed by atoms with E-state index in [9.17, 15) is 19.8 Å². The van der Waals surface area contributed by atoms with Crippen molar-refractivity contribution < 1.29 is 19.8 Å². The molecule has 0 aliphatic heterocycles. The fraction of sp³-hybridized carbons (Fsp3) is 0.889. The lowest BCUT2D eigenvalue weighted by Gasteiger charge is -2.34. The van der Waals surface area contributed by atoms with Crippen LogP contribution >= 0.6 is 0 Å². The Hall–Kier alpha value is -1.06. The van der Waals surface area contributed by atoms with Crippen molar-refractivity contribution in [3.63, 3.8) is 0 Å². The number of hydrogen-bond donors (Lipinski definition) is 2. The van der Waals surface area contributed by atoms with Gasteiger partial charge in [0.05, 0.1) is 0 Å². The van der Waals surface area contributed by atoms with Gasteiger partial charge in [-0.3, -0.25) is 9.59 Å². The molecule has 0 aromatic heterocycles. The van der Waals surface area contributed by atoms with Crippen molar-refractivity contribution in [3.8, 4) is 0 Å². The van der Waals surface area contributed by atoms with Gasteiger partial charge in [-0.15, -0.1) is 0 Å². The maximum atomic E-state index is 11.9. The zero-order chi connectivity index (χ0) is 17.0. The third-order valence-corrected chi connectivity index (χ3v) is 4.70. The molecule has 0 bridgehead atoms. The quantitative estimate of drug-likeness (QED) is 0.345. The van der Waals surface area contributed by atoms with Crippen LogP contribution in [-0.2, 0) is 9.59 Å². The molecule has 0 fully saturated rings. The molecule has 0 amide bonds. The standard InChI is InChI=1S/C18H34O4/c1-4-7-10-11-13-15(12-8-5-2)18(16(19)20,17(21)22)14-9-6-3/h15H,4-14H2,1-3H3,(H,19,20)(H,21,22). The van der Waals surface area contributed by atoms with Crippen molar-refractivity contribution in [2.45, 2.75) is 91.4 Å². The predicted octanol–water partition coefficient (Wildman–Crippen LogP) is 5.11. The molecule has 0 rings (SSSR count). The fourth-order valence-electron chi connectivity index (χ4n) is 3.22. The molecule has 22 heavy (non-hydrogen) atoms. The molecule has 0 aromatic rings. The average Bonchev–Trinajstić information content (AvgIpc) is 2.47. The van der Waals surface area contributed by atoms with Gasteiger partial charge in [-0.25, -0.2) is 0 Å². The number of hydrogen-bond acceptors (Lipinski definition) is 2. The molecule has 0 spiro atoms. The fourth-order valence-corrected chi connectivity index (χ4v) is 3.22. The zero-order valence-corrected chi connectivity index (χ0v) is 14.6. The zero-order valence-electron chi connectivity index (χ0n) is 14.6. The second kappa shape index (κ2) is 11.5. The summed E-state index contributed by atoms with van der Waals surface area (Å²) < 4.78 is 0. The topological polar surface area (TPSA) is 74.6 Å². The van der Waals surface area contributed by atoms with E-state index in [2.05, 4.69) is 13.8 Å². The summed E-state index contributed by atoms with van der Waals surface area (Å²) in [5.74, 6) is -2.55. The van der Waals surface area contributed by atoms with E-state index in [1.807, 2.05) is 6.92 Å². The molecule has 1 atom stereocenters. The van der Waals surface area contributed by atoms with E-state index in [4.69, 9.17) is 0 Å². The normalized spacial score (nSPS) is 13.0. The lowest BCUT2D eigenvalue weighted by atomic mass is 9.68. The first kappa shape index (κ1) is 20.9. The lowest BCUT2D eigenvalue weighted by Crippen LogP contribution is -2.46. The van der Waals surface area contributed by atoms with Crippen LogP contribution in [0.1, 0.15) is 91.4 Å². The minimum Gasteiger partial charge on any atom is -0.480 e. The molecule has 4 nitrogen and oxygen atoms in total. The van der Waals surface area contributed by atoms with E-state index >= 15 is 0 Å². The van der Waals surface area contributed by atoms with E-state index in [0.29, 0.717) is 19.3 Å². The number of carbonyl (C=O) groups is 2. The minimum atomic E-state index is -1.60. The molecule has 0 heterocycles.